The Bertz CT molecular complexity index is 357. The topological polar surface area (TPSA) is 60.9 Å². The highest BCUT2D eigenvalue weighted by Crippen LogP contribution is 2.07. The van der Waals surface area contributed by atoms with Gasteiger partial charge >= 0.3 is 0 Å². The van der Waals surface area contributed by atoms with Crippen molar-refractivity contribution in [2.75, 3.05) is 0 Å². The number of nitrogens with zero attached hydrogens (tertiary/aromatic N) is 2. The zero-order valence-corrected chi connectivity index (χ0v) is 10.4. The summed E-state index contributed by atoms with van der Waals surface area (Å²) in [7, 11) is 1.88. The Morgan fingerprint density at radius 3 is 2.75 bits per heavy atom. The molecule has 0 radical (unpaired) electrons. The van der Waals surface area contributed by atoms with E-state index in [4.69, 9.17) is 5.73 Å². The number of aromatic nitrogens is 2. The molecule has 1 rings (SSSR count). The van der Waals surface area contributed by atoms with E-state index in [-0.39, 0.29) is 11.8 Å². The van der Waals surface area contributed by atoms with Crippen molar-refractivity contribution < 1.29 is 4.79 Å². The van der Waals surface area contributed by atoms with Gasteiger partial charge < -0.3 is 5.73 Å². The largest absolute Gasteiger partial charge is 0.327 e. The van der Waals surface area contributed by atoms with Crippen LogP contribution in [0.5, 0.6) is 0 Å². The molecule has 4 heteroatoms. The predicted molar refractivity (Wildman–Crippen MR) is 64.2 cm³/mol. The van der Waals surface area contributed by atoms with Gasteiger partial charge in [-0.1, -0.05) is 13.8 Å². The molecular weight excluding hydrogens is 202 g/mol. The van der Waals surface area contributed by atoms with Gasteiger partial charge in [0.15, 0.2) is 0 Å². The molecule has 0 spiro atoms. The number of rotatable bonds is 6. The summed E-state index contributed by atoms with van der Waals surface area (Å²) in [5.74, 6) is 0.194. The summed E-state index contributed by atoms with van der Waals surface area (Å²) < 4.78 is 1.79. The number of hydrogen-bond acceptors (Lipinski definition) is 3. The first-order valence-corrected chi connectivity index (χ1v) is 5.85. The molecule has 0 amide bonds. The maximum Gasteiger partial charge on any atom is 0.140 e. The predicted octanol–water partition coefficient (Wildman–Crippen LogP) is 1.22. The lowest BCUT2D eigenvalue weighted by Gasteiger charge is -2.07. The first kappa shape index (κ1) is 12.9. The van der Waals surface area contributed by atoms with Crippen LogP contribution in [0.25, 0.3) is 0 Å². The first-order valence-electron chi connectivity index (χ1n) is 5.85. The number of Topliss-reactive ketones (excluding diaryl/α,β-unsaturated/α-hetero) is 1. The number of carbonyl (C=O) groups is 1. The van der Waals surface area contributed by atoms with E-state index in [0.29, 0.717) is 12.8 Å². The summed E-state index contributed by atoms with van der Waals surface area (Å²) in [4.78, 5) is 11.7. The molecule has 1 aromatic rings. The summed E-state index contributed by atoms with van der Waals surface area (Å²) >= 11 is 0. The summed E-state index contributed by atoms with van der Waals surface area (Å²) in [5, 5.41) is 4.31. The van der Waals surface area contributed by atoms with E-state index in [1.165, 1.54) is 0 Å². The molecule has 0 fully saturated rings. The van der Waals surface area contributed by atoms with Crippen molar-refractivity contribution in [2.45, 2.75) is 45.6 Å². The second kappa shape index (κ2) is 5.80. The quantitative estimate of drug-likeness (QED) is 0.788. The lowest BCUT2D eigenvalue weighted by Crippen LogP contribution is -2.23. The zero-order valence-electron chi connectivity index (χ0n) is 10.4. The van der Waals surface area contributed by atoms with E-state index in [9.17, 15) is 4.79 Å². The van der Waals surface area contributed by atoms with Crippen LogP contribution in [0.15, 0.2) is 6.07 Å². The molecule has 0 aromatic carbocycles. The summed E-state index contributed by atoms with van der Waals surface area (Å²) in [6.07, 6.45) is 2.65. The summed E-state index contributed by atoms with van der Waals surface area (Å²) in [6.45, 7) is 4.05. The van der Waals surface area contributed by atoms with Crippen LogP contribution >= 0.6 is 0 Å². The molecule has 4 nitrogen and oxygen atoms in total. The molecule has 0 aliphatic carbocycles. The molecule has 1 aromatic heterocycles. The Hall–Kier alpha value is -1.16. The van der Waals surface area contributed by atoms with E-state index in [1.807, 2.05) is 20.0 Å². The third kappa shape index (κ3) is 3.45. The van der Waals surface area contributed by atoms with Gasteiger partial charge in [0.1, 0.15) is 5.78 Å². The molecule has 90 valence electrons. The molecule has 16 heavy (non-hydrogen) atoms. The maximum absolute atomic E-state index is 11.7. The van der Waals surface area contributed by atoms with Crippen LogP contribution in [0.2, 0.25) is 0 Å². The van der Waals surface area contributed by atoms with E-state index in [2.05, 4.69) is 12.0 Å². The Balaban J connectivity index is 2.58. The molecule has 1 atom stereocenters. The van der Waals surface area contributed by atoms with Gasteiger partial charge in [-0.2, -0.15) is 5.10 Å². The minimum absolute atomic E-state index is 0.00799. The summed E-state index contributed by atoms with van der Waals surface area (Å²) in [5.41, 5.74) is 7.76. The molecule has 0 aliphatic rings. The van der Waals surface area contributed by atoms with Crippen LogP contribution < -0.4 is 5.73 Å². The van der Waals surface area contributed by atoms with Gasteiger partial charge in [0.2, 0.25) is 0 Å². The maximum atomic E-state index is 11.7. The molecule has 0 aliphatic heterocycles. The van der Waals surface area contributed by atoms with Gasteiger partial charge in [-0.05, 0) is 18.9 Å². The Labute approximate surface area is 96.8 Å². The lowest BCUT2D eigenvalue weighted by atomic mass is 10.1. The number of nitrogens with two attached hydrogens (primary N) is 1. The number of ketones is 1. The average molecular weight is 223 g/mol. The molecule has 1 heterocycles. The standard InChI is InChI=1S/C12H21N3O/c1-4-9(13)6-12(16)8-11-7-10(5-2)14-15(11)3/h7,9H,4-6,8,13H2,1-3H3. The van der Waals surface area contributed by atoms with Crippen molar-refractivity contribution in [1.29, 1.82) is 0 Å². The highest BCUT2D eigenvalue weighted by Gasteiger charge is 2.12. The van der Waals surface area contributed by atoms with Crippen molar-refractivity contribution in [3.8, 4) is 0 Å². The average Bonchev–Trinajstić information content (AvgIpc) is 2.59. The molecule has 0 saturated heterocycles. The van der Waals surface area contributed by atoms with Crippen LogP contribution in [0.3, 0.4) is 0 Å². The minimum Gasteiger partial charge on any atom is -0.327 e. The van der Waals surface area contributed by atoms with Crippen LogP contribution in [-0.2, 0) is 24.7 Å². The fourth-order valence-electron chi connectivity index (χ4n) is 1.62. The van der Waals surface area contributed by atoms with E-state index in [1.54, 1.807) is 4.68 Å². The van der Waals surface area contributed by atoms with E-state index >= 15 is 0 Å². The smallest absolute Gasteiger partial charge is 0.140 e. The van der Waals surface area contributed by atoms with Gasteiger partial charge in [-0.3, -0.25) is 9.48 Å². The Morgan fingerprint density at radius 1 is 1.56 bits per heavy atom. The molecule has 0 bridgehead atoms. The van der Waals surface area contributed by atoms with Gasteiger partial charge in [-0.15, -0.1) is 0 Å². The highest BCUT2D eigenvalue weighted by atomic mass is 16.1. The Morgan fingerprint density at radius 2 is 2.25 bits per heavy atom. The van der Waals surface area contributed by atoms with Gasteiger partial charge in [0, 0.05) is 31.6 Å². The van der Waals surface area contributed by atoms with Crippen molar-refractivity contribution in [3.05, 3.63) is 17.5 Å². The fraction of sp³-hybridized carbons (Fsp3) is 0.667. The number of carbonyl (C=O) groups excluding carboxylic acids is 1. The van der Waals surface area contributed by atoms with Gasteiger partial charge in [0.05, 0.1) is 5.69 Å². The third-order valence-corrected chi connectivity index (χ3v) is 2.78. The van der Waals surface area contributed by atoms with Gasteiger partial charge in [0.25, 0.3) is 0 Å². The number of aryl methyl sites for hydroxylation is 2. The lowest BCUT2D eigenvalue weighted by molar-refractivity contribution is -0.118. The monoisotopic (exact) mass is 223 g/mol. The molecule has 0 saturated carbocycles. The molecular formula is C12H21N3O. The van der Waals surface area contributed by atoms with Crippen molar-refractivity contribution in [1.82, 2.24) is 9.78 Å². The van der Waals surface area contributed by atoms with Gasteiger partial charge in [-0.25, -0.2) is 0 Å². The highest BCUT2D eigenvalue weighted by molar-refractivity contribution is 5.81. The second-order valence-corrected chi connectivity index (χ2v) is 4.19. The van der Waals surface area contributed by atoms with Crippen molar-refractivity contribution in [3.63, 3.8) is 0 Å². The Kier molecular flexibility index (Phi) is 4.68. The van der Waals surface area contributed by atoms with Crippen LogP contribution in [0.4, 0.5) is 0 Å². The van der Waals surface area contributed by atoms with Crippen LogP contribution in [0.1, 0.15) is 38.1 Å². The fourth-order valence-corrected chi connectivity index (χ4v) is 1.62. The van der Waals surface area contributed by atoms with Crippen molar-refractivity contribution >= 4 is 5.78 Å². The first-order chi connectivity index (χ1) is 7.56. The molecule has 1 unspecified atom stereocenters. The number of hydrogen-bond donors (Lipinski definition) is 1. The van der Waals surface area contributed by atoms with E-state index < -0.39 is 0 Å². The normalized spacial score (nSPS) is 12.8. The minimum atomic E-state index is -0.00799. The second-order valence-electron chi connectivity index (χ2n) is 4.19. The van der Waals surface area contributed by atoms with Crippen LogP contribution in [0, 0.1) is 0 Å². The molecule has 2 N–H and O–H groups in total. The van der Waals surface area contributed by atoms with Crippen molar-refractivity contribution in [2.24, 2.45) is 12.8 Å². The summed E-state index contributed by atoms with van der Waals surface area (Å²) in [6, 6.07) is 1.99. The SMILES string of the molecule is CCc1cc(CC(=O)CC(N)CC)n(C)n1. The van der Waals surface area contributed by atoms with Crippen LogP contribution in [-0.4, -0.2) is 21.6 Å². The zero-order chi connectivity index (χ0) is 12.1. The third-order valence-electron chi connectivity index (χ3n) is 2.78. The van der Waals surface area contributed by atoms with E-state index in [0.717, 1.165) is 24.2 Å².